The Balaban J connectivity index is 2.19. The van der Waals surface area contributed by atoms with Crippen molar-refractivity contribution in [3.05, 3.63) is 0 Å². The SMILES string of the molecule is C#CC(C)(C)NC1CC(OCC)C1. The van der Waals surface area contributed by atoms with Crippen LogP contribution in [0.15, 0.2) is 0 Å². The molecule has 0 bridgehead atoms. The van der Waals surface area contributed by atoms with Gasteiger partial charge in [-0.3, -0.25) is 5.32 Å². The van der Waals surface area contributed by atoms with Gasteiger partial charge in [0.2, 0.25) is 0 Å². The molecule has 0 atom stereocenters. The van der Waals surface area contributed by atoms with Crippen molar-refractivity contribution in [3.8, 4) is 12.3 Å². The van der Waals surface area contributed by atoms with Crippen LogP contribution >= 0.6 is 0 Å². The number of terminal acetylenes is 1. The minimum Gasteiger partial charge on any atom is -0.378 e. The van der Waals surface area contributed by atoms with Gasteiger partial charge in [0.25, 0.3) is 0 Å². The predicted octanol–water partition coefficient (Wildman–Crippen LogP) is 1.56. The van der Waals surface area contributed by atoms with Crippen LogP contribution in [0.3, 0.4) is 0 Å². The van der Waals surface area contributed by atoms with E-state index < -0.39 is 0 Å². The summed E-state index contributed by atoms with van der Waals surface area (Å²) in [6, 6.07) is 0.544. The third-order valence-electron chi connectivity index (χ3n) is 2.42. The Morgan fingerprint density at radius 3 is 2.62 bits per heavy atom. The molecule has 0 radical (unpaired) electrons. The first kappa shape index (κ1) is 10.6. The molecule has 13 heavy (non-hydrogen) atoms. The number of hydrogen-bond donors (Lipinski definition) is 1. The third kappa shape index (κ3) is 3.02. The Bertz CT molecular complexity index is 199. The van der Waals surface area contributed by atoms with Gasteiger partial charge >= 0.3 is 0 Å². The van der Waals surface area contributed by atoms with Gasteiger partial charge < -0.3 is 4.74 Å². The summed E-state index contributed by atoms with van der Waals surface area (Å²) in [5, 5.41) is 3.41. The van der Waals surface area contributed by atoms with Crippen LogP contribution in [-0.4, -0.2) is 24.3 Å². The first-order valence-corrected chi connectivity index (χ1v) is 4.94. The maximum Gasteiger partial charge on any atom is 0.0743 e. The lowest BCUT2D eigenvalue weighted by molar-refractivity contribution is -0.0135. The van der Waals surface area contributed by atoms with Gasteiger partial charge in [-0.15, -0.1) is 6.42 Å². The topological polar surface area (TPSA) is 21.3 Å². The quantitative estimate of drug-likeness (QED) is 0.664. The molecule has 0 unspecified atom stereocenters. The highest BCUT2D eigenvalue weighted by molar-refractivity contribution is 5.09. The van der Waals surface area contributed by atoms with Crippen molar-refractivity contribution in [1.29, 1.82) is 0 Å². The van der Waals surface area contributed by atoms with Crippen molar-refractivity contribution < 1.29 is 4.74 Å². The Morgan fingerprint density at radius 1 is 1.54 bits per heavy atom. The minimum atomic E-state index is -0.179. The van der Waals surface area contributed by atoms with Crippen molar-refractivity contribution in [2.24, 2.45) is 0 Å². The van der Waals surface area contributed by atoms with E-state index in [-0.39, 0.29) is 5.54 Å². The van der Waals surface area contributed by atoms with Crippen LogP contribution in [0, 0.1) is 12.3 Å². The molecule has 1 aliphatic carbocycles. The molecule has 1 saturated carbocycles. The monoisotopic (exact) mass is 181 g/mol. The standard InChI is InChI=1S/C11H19NO/c1-5-11(3,4)12-9-7-10(8-9)13-6-2/h1,9-10,12H,6-8H2,2-4H3. The van der Waals surface area contributed by atoms with Crippen LogP contribution < -0.4 is 5.32 Å². The lowest BCUT2D eigenvalue weighted by Crippen LogP contribution is -2.53. The Morgan fingerprint density at radius 2 is 2.15 bits per heavy atom. The van der Waals surface area contributed by atoms with Crippen LogP contribution in [0.4, 0.5) is 0 Å². The fourth-order valence-electron chi connectivity index (χ4n) is 1.61. The van der Waals surface area contributed by atoms with Crippen molar-refractivity contribution >= 4 is 0 Å². The van der Waals surface area contributed by atoms with Crippen LogP contribution in [-0.2, 0) is 4.74 Å². The molecule has 74 valence electrons. The summed E-state index contributed by atoms with van der Waals surface area (Å²) >= 11 is 0. The highest BCUT2D eigenvalue weighted by Gasteiger charge is 2.32. The summed E-state index contributed by atoms with van der Waals surface area (Å²) in [7, 11) is 0. The predicted molar refractivity (Wildman–Crippen MR) is 54.5 cm³/mol. The van der Waals surface area contributed by atoms with Gasteiger partial charge in [0, 0.05) is 12.6 Å². The molecule has 0 saturated heterocycles. The fourth-order valence-corrected chi connectivity index (χ4v) is 1.61. The number of hydrogen-bond acceptors (Lipinski definition) is 2. The number of ether oxygens (including phenoxy) is 1. The number of nitrogens with one attached hydrogen (secondary N) is 1. The van der Waals surface area contributed by atoms with E-state index in [1.165, 1.54) is 0 Å². The normalized spacial score (nSPS) is 27.8. The molecule has 1 N–H and O–H groups in total. The van der Waals surface area contributed by atoms with E-state index in [4.69, 9.17) is 11.2 Å². The van der Waals surface area contributed by atoms with E-state index in [1.54, 1.807) is 0 Å². The second-order valence-electron chi connectivity index (χ2n) is 4.16. The summed E-state index contributed by atoms with van der Waals surface area (Å²) in [6.45, 7) is 6.91. The molecule has 1 rings (SSSR count). The van der Waals surface area contributed by atoms with Gasteiger partial charge in [0.05, 0.1) is 11.6 Å². The van der Waals surface area contributed by atoms with Crippen molar-refractivity contribution in [2.75, 3.05) is 6.61 Å². The lowest BCUT2D eigenvalue weighted by Gasteiger charge is -2.39. The van der Waals surface area contributed by atoms with Gasteiger partial charge in [0.15, 0.2) is 0 Å². The lowest BCUT2D eigenvalue weighted by atomic mass is 9.87. The first-order valence-electron chi connectivity index (χ1n) is 4.94. The Kier molecular flexibility index (Phi) is 3.35. The van der Waals surface area contributed by atoms with E-state index in [2.05, 4.69) is 11.2 Å². The summed E-state index contributed by atoms with van der Waals surface area (Å²) in [6.07, 6.45) is 8.03. The van der Waals surface area contributed by atoms with E-state index in [9.17, 15) is 0 Å². The first-order chi connectivity index (χ1) is 6.07. The van der Waals surface area contributed by atoms with Crippen LogP contribution in [0.5, 0.6) is 0 Å². The largest absolute Gasteiger partial charge is 0.378 e. The second-order valence-corrected chi connectivity index (χ2v) is 4.16. The van der Waals surface area contributed by atoms with Gasteiger partial charge in [0.1, 0.15) is 0 Å². The molecule has 1 fully saturated rings. The fraction of sp³-hybridized carbons (Fsp3) is 0.818. The van der Waals surface area contributed by atoms with Crippen molar-refractivity contribution in [1.82, 2.24) is 5.32 Å². The number of rotatable bonds is 4. The maximum atomic E-state index is 5.46. The highest BCUT2D eigenvalue weighted by atomic mass is 16.5. The van der Waals surface area contributed by atoms with E-state index in [0.29, 0.717) is 12.1 Å². The average Bonchev–Trinajstić information content (AvgIpc) is 2.01. The Hall–Kier alpha value is -0.520. The van der Waals surface area contributed by atoms with Gasteiger partial charge in [-0.1, -0.05) is 5.92 Å². The smallest absolute Gasteiger partial charge is 0.0743 e. The van der Waals surface area contributed by atoms with Crippen LogP contribution in [0.1, 0.15) is 33.6 Å². The molecule has 2 heteroatoms. The molecule has 0 aromatic rings. The molecule has 0 heterocycles. The summed E-state index contributed by atoms with van der Waals surface area (Å²) in [5.74, 6) is 2.74. The van der Waals surface area contributed by atoms with Crippen molar-refractivity contribution in [3.63, 3.8) is 0 Å². The molecule has 0 aliphatic heterocycles. The van der Waals surface area contributed by atoms with Gasteiger partial charge in [-0.25, -0.2) is 0 Å². The van der Waals surface area contributed by atoms with Gasteiger partial charge in [-0.05, 0) is 33.6 Å². The molecule has 0 spiro atoms. The van der Waals surface area contributed by atoms with E-state index in [1.807, 2.05) is 20.8 Å². The zero-order chi connectivity index (χ0) is 9.90. The highest BCUT2D eigenvalue weighted by Crippen LogP contribution is 2.24. The maximum absolute atomic E-state index is 5.46. The summed E-state index contributed by atoms with van der Waals surface area (Å²) in [5.41, 5.74) is -0.179. The average molecular weight is 181 g/mol. The van der Waals surface area contributed by atoms with Gasteiger partial charge in [-0.2, -0.15) is 0 Å². The molecule has 0 aromatic heterocycles. The minimum absolute atomic E-state index is 0.179. The zero-order valence-corrected chi connectivity index (χ0v) is 8.76. The molecular formula is C11H19NO. The molecule has 1 aliphatic rings. The van der Waals surface area contributed by atoms with Crippen molar-refractivity contribution in [2.45, 2.75) is 51.3 Å². The summed E-state index contributed by atoms with van der Waals surface area (Å²) in [4.78, 5) is 0. The molecule has 2 nitrogen and oxygen atoms in total. The van der Waals surface area contributed by atoms with Crippen LogP contribution in [0.25, 0.3) is 0 Å². The molecular weight excluding hydrogens is 162 g/mol. The van der Waals surface area contributed by atoms with E-state index >= 15 is 0 Å². The second kappa shape index (κ2) is 4.13. The zero-order valence-electron chi connectivity index (χ0n) is 8.76. The molecule has 0 amide bonds. The third-order valence-corrected chi connectivity index (χ3v) is 2.42. The van der Waals surface area contributed by atoms with Crippen LogP contribution in [0.2, 0.25) is 0 Å². The molecule has 0 aromatic carbocycles. The summed E-state index contributed by atoms with van der Waals surface area (Å²) < 4.78 is 5.46. The van der Waals surface area contributed by atoms with E-state index in [0.717, 1.165) is 19.4 Å². The Labute approximate surface area is 81.0 Å².